The Morgan fingerprint density at radius 2 is 1.58 bits per heavy atom. The summed E-state index contributed by atoms with van der Waals surface area (Å²) in [6.45, 7) is 1.87. The van der Waals surface area contributed by atoms with E-state index in [4.69, 9.17) is 34.8 Å². The first kappa shape index (κ1) is 25.8. The Labute approximate surface area is 209 Å². The minimum atomic E-state index is -0.752. The molecule has 178 valence electrons. The summed E-state index contributed by atoms with van der Waals surface area (Å²) in [5.41, 5.74) is 0.639. The average Bonchev–Trinajstić information content (AvgIpc) is 2.78. The summed E-state index contributed by atoms with van der Waals surface area (Å²) in [6, 6.07) is 8.71. The normalized spacial score (nSPS) is 15.2. The summed E-state index contributed by atoms with van der Waals surface area (Å²) >= 11 is 18.9. The zero-order valence-electron chi connectivity index (χ0n) is 18.6. The zero-order valence-corrected chi connectivity index (χ0v) is 20.8. The van der Waals surface area contributed by atoms with Crippen molar-refractivity contribution in [2.75, 3.05) is 0 Å². The van der Waals surface area contributed by atoms with E-state index in [2.05, 4.69) is 5.32 Å². The van der Waals surface area contributed by atoms with Crippen LogP contribution in [0.4, 0.5) is 4.39 Å². The Balaban J connectivity index is 1.90. The first-order valence-electron chi connectivity index (χ1n) is 11.3. The molecule has 2 aromatic rings. The lowest BCUT2D eigenvalue weighted by atomic mass is 9.95. The molecule has 0 aromatic heterocycles. The monoisotopic (exact) mass is 512 g/mol. The van der Waals surface area contributed by atoms with Crippen molar-refractivity contribution in [3.05, 3.63) is 68.4 Å². The van der Waals surface area contributed by atoms with Crippen LogP contribution in [-0.2, 0) is 22.6 Å². The van der Waals surface area contributed by atoms with Crippen LogP contribution < -0.4 is 5.32 Å². The highest BCUT2D eigenvalue weighted by molar-refractivity contribution is 6.36. The van der Waals surface area contributed by atoms with Gasteiger partial charge in [-0.2, -0.15) is 0 Å². The van der Waals surface area contributed by atoms with E-state index in [-0.39, 0.29) is 35.5 Å². The SMILES string of the molecule is CC[C@@H](C(=O)NC1CCCCC1)N(Cc1c(Cl)cccc1Cl)C(=O)Cc1c(F)cccc1Cl. The lowest BCUT2D eigenvalue weighted by Gasteiger charge is -2.33. The average molecular weight is 514 g/mol. The first-order valence-corrected chi connectivity index (χ1v) is 12.4. The minimum absolute atomic E-state index is 0.0278. The molecule has 0 unspecified atom stereocenters. The minimum Gasteiger partial charge on any atom is -0.352 e. The van der Waals surface area contributed by atoms with Gasteiger partial charge < -0.3 is 10.2 Å². The lowest BCUT2D eigenvalue weighted by molar-refractivity contribution is -0.141. The van der Waals surface area contributed by atoms with Crippen LogP contribution in [0, 0.1) is 5.82 Å². The van der Waals surface area contributed by atoms with Gasteiger partial charge in [0.15, 0.2) is 0 Å². The highest BCUT2D eigenvalue weighted by Crippen LogP contribution is 2.28. The van der Waals surface area contributed by atoms with E-state index >= 15 is 0 Å². The van der Waals surface area contributed by atoms with Crippen LogP contribution in [0.15, 0.2) is 36.4 Å². The van der Waals surface area contributed by atoms with Crippen LogP contribution in [0.1, 0.15) is 56.6 Å². The molecule has 3 rings (SSSR count). The van der Waals surface area contributed by atoms with Gasteiger partial charge in [-0.3, -0.25) is 9.59 Å². The molecule has 1 aliphatic carbocycles. The molecule has 0 bridgehead atoms. The molecule has 0 radical (unpaired) electrons. The highest BCUT2D eigenvalue weighted by atomic mass is 35.5. The van der Waals surface area contributed by atoms with Gasteiger partial charge in [-0.15, -0.1) is 0 Å². The van der Waals surface area contributed by atoms with E-state index in [1.54, 1.807) is 18.2 Å². The molecule has 1 atom stereocenters. The number of nitrogens with zero attached hydrogens (tertiary/aromatic N) is 1. The molecule has 1 aliphatic rings. The van der Waals surface area contributed by atoms with Crippen LogP contribution in [0.2, 0.25) is 15.1 Å². The summed E-state index contributed by atoms with van der Waals surface area (Å²) in [5, 5.41) is 4.06. The molecule has 1 saturated carbocycles. The molecular formula is C25H28Cl3FN2O2. The maximum atomic E-state index is 14.4. The zero-order chi connectivity index (χ0) is 24.0. The predicted octanol–water partition coefficient (Wildman–Crippen LogP) is 6.58. The van der Waals surface area contributed by atoms with Gasteiger partial charge in [-0.05, 0) is 43.5 Å². The van der Waals surface area contributed by atoms with E-state index in [1.165, 1.54) is 29.5 Å². The number of halogens is 4. The molecule has 0 aliphatic heterocycles. The highest BCUT2D eigenvalue weighted by Gasteiger charge is 2.32. The second-order valence-corrected chi connectivity index (χ2v) is 9.59. The first-order chi connectivity index (χ1) is 15.8. The van der Waals surface area contributed by atoms with Crippen LogP contribution in [-0.4, -0.2) is 28.8 Å². The molecule has 0 saturated heterocycles. The van der Waals surface area contributed by atoms with Gasteiger partial charge in [-0.25, -0.2) is 4.39 Å². The van der Waals surface area contributed by atoms with Gasteiger partial charge in [0.1, 0.15) is 11.9 Å². The standard InChI is InChI=1S/C25H28Cl3FN2O2/c1-2-23(25(33)30-16-8-4-3-5-9-16)31(15-18-20(27)10-6-11-21(18)28)24(32)14-17-19(26)12-7-13-22(17)29/h6-7,10-13,16,23H,2-5,8-9,14-15H2,1H3,(H,30,33)/t23-/m0/s1. The molecule has 1 N–H and O–H groups in total. The van der Waals surface area contributed by atoms with Crippen LogP contribution in [0.5, 0.6) is 0 Å². The maximum Gasteiger partial charge on any atom is 0.243 e. The predicted molar refractivity (Wildman–Crippen MR) is 131 cm³/mol. The van der Waals surface area contributed by atoms with E-state index in [9.17, 15) is 14.0 Å². The van der Waals surface area contributed by atoms with Crippen molar-refractivity contribution >= 4 is 46.6 Å². The van der Waals surface area contributed by atoms with Crippen molar-refractivity contribution in [3.8, 4) is 0 Å². The number of carbonyl (C=O) groups is 2. The van der Waals surface area contributed by atoms with E-state index in [0.29, 0.717) is 22.0 Å². The van der Waals surface area contributed by atoms with Crippen molar-refractivity contribution < 1.29 is 14.0 Å². The summed E-state index contributed by atoms with van der Waals surface area (Å²) in [5.74, 6) is -1.21. The topological polar surface area (TPSA) is 49.4 Å². The second-order valence-electron chi connectivity index (χ2n) is 8.37. The molecule has 8 heteroatoms. The van der Waals surface area contributed by atoms with Crippen LogP contribution in [0.3, 0.4) is 0 Å². The third-order valence-electron chi connectivity index (χ3n) is 6.12. The molecule has 0 heterocycles. The van der Waals surface area contributed by atoms with Crippen LogP contribution in [0.25, 0.3) is 0 Å². The van der Waals surface area contributed by atoms with E-state index in [1.807, 2.05) is 6.92 Å². The smallest absolute Gasteiger partial charge is 0.243 e. The Kier molecular flexibility index (Phi) is 9.42. The van der Waals surface area contributed by atoms with E-state index in [0.717, 1.165) is 25.7 Å². The summed E-state index contributed by atoms with van der Waals surface area (Å²) < 4.78 is 14.4. The number of nitrogens with one attached hydrogen (secondary N) is 1. The summed E-state index contributed by atoms with van der Waals surface area (Å²) in [4.78, 5) is 28.2. The van der Waals surface area contributed by atoms with Gasteiger partial charge in [-0.1, -0.05) is 73.1 Å². The fourth-order valence-electron chi connectivity index (χ4n) is 4.27. The summed E-state index contributed by atoms with van der Waals surface area (Å²) in [7, 11) is 0. The van der Waals surface area contributed by atoms with Gasteiger partial charge in [0.05, 0.1) is 6.42 Å². The van der Waals surface area contributed by atoms with Crippen molar-refractivity contribution in [1.29, 1.82) is 0 Å². The number of benzene rings is 2. The van der Waals surface area contributed by atoms with Crippen molar-refractivity contribution in [2.24, 2.45) is 0 Å². The maximum absolute atomic E-state index is 14.4. The Morgan fingerprint density at radius 1 is 1.00 bits per heavy atom. The van der Waals surface area contributed by atoms with Crippen molar-refractivity contribution in [2.45, 2.75) is 70.5 Å². The Morgan fingerprint density at radius 3 is 2.15 bits per heavy atom. The molecule has 4 nitrogen and oxygen atoms in total. The molecule has 2 aromatic carbocycles. The Hall–Kier alpha value is -1.82. The van der Waals surface area contributed by atoms with Crippen molar-refractivity contribution in [1.82, 2.24) is 10.2 Å². The van der Waals surface area contributed by atoms with Gasteiger partial charge in [0.2, 0.25) is 11.8 Å². The number of carbonyl (C=O) groups excluding carboxylic acids is 2. The third-order valence-corrected chi connectivity index (χ3v) is 7.18. The Bertz CT molecular complexity index is 955. The molecule has 2 amide bonds. The van der Waals surface area contributed by atoms with Gasteiger partial charge in [0.25, 0.3) is 0 Å². The second kappa shape index (κ2) is 12.0. The molecule has 1 fully saturated rings. The van der Waals surface area contributed by atoms with Crippen molar-refractivity contribution in [3.63, 3.8) is 0 Å². The molecule has 0 spiro atoms. The number of hydrogen-bond acceptors (Lipinski definition) is 2. The van der Waals surface area contributed by atoms with Gasteiger partial charge >= 0.3 is 0 Å². The lowest BCUT2D eigenvalue weighted by Crippen LogP contribution is -2.52. The number of hydrogen-bond donors (Lipinski definition) is 1. The number of amides is 2. The van der Waals surface area contributed by atoms with Crippen LogP contribution >= 0.6 is 34.8 Å². The molecule has 33 heavy (non-hydrogen) atoms. The number of rotatable bonds is 8. The van der Waals surface area contributed by atoms with Gasteiger partial charge in [0, 0.05) is 38.8 Å². The third kappa shape index (κ3) is 6.62. The van der Waals surface area contributed by atoms with E-state index < -0.39 is 17.8 Å². The summed E-state index contributed by atoms with van der Waals surface area (Å²) in [6.07, 6.45) is 5.28. The fourth-order valence-corrected chi connectivity index (χ4v) is 5.02. The molecular weight excluding hydrogens is 486 g/mol. The fraction of sp³-hybridized carbons (Fsp3) is 0.440. The quantitative estimate of drug-likeness (QED) is 0.433. The largest absolute Gasteiger partial charge is 0.352 e.